The fourth-order valence-electron chi connectivity index (χ4n) is 2.63. The van der Waals surface area contributed by atoms with Crippen molar-refractivity contribution < 1.29 is 14.0 Å². The van der Waals surface area contributed by atoms with Gasteiger partial charge in [0.05, 0.1) is 11.7 Å². The predicted octanol–water partition coefficient (Wildman–Crippen LogP) is 4.34. The molecule has 28 heavy (non-hydrogen) atoms. The largest absolute Gasteiger partial charge is 0.350 e. The highest BCUT2D eigenvalue weighted by molar-refractivity contribution is 7.14. The lowest BCUT2D eigenvalue weighted by atomic mass is 10.1. The molecule has 0 aliphatic heterocycles. The van der Waals surface area contributed by atoms with Crippen LogP contribution in [0.3, 0.4) is 0 Å². The molecular formula is C21H20FN3O2S. The van der Waals surface area contributed by atoms with Gasteiger partial charge >= 0.3 is 0 Å². The summed E-state index contributed by atoms with van der Waals surface area (Å²) in [4.78, 5) is 28.6. The van der Waals surface area contributed by atoms with Crippen LogP contribution in [0.4, 0.5) is 9.52 Å². The van der Waals surface area contributed by atoms with Gasteiger partial charge in [0.1, 0.15) is 5.82 Å². The minimum absolute atomic E-state index is 0.0544. The Hall–Kier alpha value is -3.06. The SMILES string of the molecule is C[C@H](NC(=O)CCc1csc(NC(=O)c2ccc(F)cc2)n1)c1ccccc1. The standard InChI is InChI=1S/C21H20FN3O2S/c1-14(15-5-3-2-4-6-15)23-19(26)12-11-18-13-28-21(24-18)25-20(27)16-7-9-17(22)10-8-16/h2-10,13-14H,11-12H2,1H3,(H,23,26)(H,24,25,27)/t14-/m0/s1. The van der Waals surface area contributed by atoms with E-state index in [2.05, 4.69) is 15.6 Å². The molecule has 3 rings (SSSR count). The van der Waals surface area contributed by atoms with Crippen LogP contribution in [0, 0.1) is 5.82 Å². The number of anilines is 1. The van der Waals surface area contributed by atoms with Crippen LogP contribution < -0.4 is 10.6 Å². The number of nitrogens with one attached hydrogen (secondary N) is 2. The molecule has 0 unspecified atom stereocenters. The van der Waals surface area contributed by atoms with Crippen molar-refractivity contribution in [2.45, 2.75) is 25.8 Å². The second kappa shape index (κ2) is 9.23. The van der Waals surface area contributed by atoms with E-state index in [1.165, 1.54) is 35.6 Å². The van der Waals surface area contributed by atoms with Gasteiger partial charge in [-0.2, -0.15) is 0 Å². The molecule has 2 aromatic carbocycles. The maximum absolute atomic E-state index is 12.9. The van der Waals surface area contributed by atoms with E-state index in [1.807, 2.05) is 42.6 Å². The van der Waals surface area contributed by atoms with E-state index in [-0.39, 0.29) is 17.9 Å². The number of carbonyl (C=O) groups excluding carboxylic acids is 2. The Bertz CT molecular complexity index is 942. The van der Waals surface area contributed by atoms with Gasteiger partial charge in [-0.15, -0.1) is 11.3 Å². The van der Waals surface area contributed by atoms with E-state index in [4.69, 9.17) is 0 Å². The van der Waals surface area contributed by atoms with Crippen molar-refractivity contribution in [2.24, 2.45) is 0 Å². The van der Waals surface area contributed by atoms with Crippen LogP contribution in [0.25, 0.3) is 0 Å². The first-order valence-corrected chi connectivity index (χ1v) is 9.75. The van der Waals surface area contributed by atoms with Crippen LogP contribution in [0.5, 0.6) is 0 Å². The lowest BCUT2D eigenvalue weighted by Gasteiger charge is -2.13. The van der Waals surface area contributed by atoms with Gasteiger partial charge in [-0.1, -0.05) is 30.3 Å². The number of aryl methyl sites for hydroxylation is 1. The third-order valence-corrected chi connectivity index (χ3v) is 4.97. The summed E-state index contributed by atoms with van der Waals surface area (Å²) >= 11 is 1.29. The molecule has 1 aromatic heterocycles. The zero-order valence-corrected chi connectivity index (χ0v) is 16.1. The van der Waals surface area contributed by atoms with Crippen molar-refractivity contribution in [1.29, 1.82) is 0 Å². The summed E-state index contributed by atoms with van der Waals surface area (Å²) in [5, 5.41) is 7.91. The second-order valence-corrected chi connectivity index (χ2v) is 7.16. The van der Waals surface area contributed by atoms with Gasteiger partial charge < -0.3 is 5.32 Å². The van der Waals surface area contributed by atoms with E-state index >= 15 is 0 Å². The normalized spacial score (nSPS) is 11.6. The number of rotatable bonds is 7. The van der Waals surface area contributed by atoms with Gasteiger partial charge in [0.15, 0.2) is 5.13 Å². The Balaban J connectivity index is 1.48. The highest BCUT2D eigenvalue weighted by Gasteiger charge is 2.12. The smallest absolute Gasteiger partial charge is 0.257 e. The molecule has 0 bridgehead atoms. The highest BCUT2D eigenvalue weighted by atomic mass is 32.1. The number of nitrogens with zero attached hydrogens (tertiary/aromatic N) is 1. The first-order chi connectivity index (χ1) is 13.5. The molecule has 0 aliphatic rings. The quantitative estimate of drug-likeness (QED) is 0.623. The van der Waals surface area contributed by atoms with Gasteiger partial charge in [-0.25, -0.2) is 9.37 Å². The molecule has 2 amide bonds. The summed E-state index contributed by atoms with van der Waals surface area (Å²) in [7, 11) is 0. The van der Waals surface area contributed by atoms with Gasteiger partial charge in [-0.3, -0.25) is 14.9 Å². The third-order valence-electron chi connectivity index (χ3n) is 4.16. The van der Waals surface area contributed by atoms with Gasteiger partial charge in [0.25, 0.3) is 5.91 Å². The van der Waals surface area contributed by atoms with Gasteiger partial charge in [0.2, 0.25) is 5.91 Å². The van der Waals surface area contributed by atoms with Gasteiger partial charge in [-0.05, 0) is 43.2 Å². The van der Waals surface area contributed by atoms with Crippen LogP contribution in [-0.4, -0.2) is 16.8 Å². The monoisotopic (exact) mass is 397 g/mol. The molecule has 3 aromatic rings. The van der Waals surface area contributed by atoms with Crippen molar-refractivity contribution in [3.63, 3.8) is 0 Å². The Kier molecular flexibility index (Phi) is 6.49. The molecule has 1 heterocycles. The molecule has 2 N–H and O–H groups in total. The molecule has 0 spiro atoms. The Morgan fingerprint density at radius 3 is 2.54 bits per heavy atom. The van der Waals surface area contributed by atoms with Crippen LogP contribution in [0.15, 0.2) is 60.0 Å². The van der Waals surface area contributed by atoms with Crippen LogP contribution in [-0.2, 0) is 11.2 Å². The molecule has 0 radical (unpaired) electrons. The van der Waals surface area contributed by atoms with Crippen LogP contribution in [0.1, 0.15) is 41.0 Å². The van der Waals surface area contributed by atoms with Crippen LogP contribution in [0.2, 0.25) is 0 Å². The molecule has 0 saturated heterocycles. The molecule has 7 heteroatoms. The van der Waals surface area contributed by atoms with Crippen molar-refractivity contribution in [1.82, 2.24) is 10.3 Å². The summed E-state index contributed by atoms with van der Waals surface area (Å²) in [6, 6.07) is 15.0. The van der Waals surface area contributed by atoms with Gasteiger partial charge in [0, 0.05) is 17.4 Å². The first-order valence-electron chi connectivity index (χ1n) is 8.87. The average molecular weight is 397 g/mol. The average Bonchev–Trinajstić information content (AvgIpc) is 3.15. The molecular weight excluding hydrogens is 377 g/mol. The fourth-order valence-corrected chi connectivity index (χ4v) is 3.37. The number of amides is 2. The Labute approximate surface area is 166 Å². The number of benzene rings is 2. The molecule has 144 valence electrons. The predicted molar refractivity (Wildman–Crippen MR) is 108 cm³/mol. The fraction of sp³-hybridized carbons (Fsp3) is 0.190. The molecule has 0 aliphatic carbocycles. The zero-order chi connectivity index (χ0) is 19.9. The highest BCUT2D eigenvalue weighted by Crippen LogP contribution is 2.18. The summed E-state index contributed by atoms with van der Waals surface area (Å²) < 4.78 is 12.9. The summed E-state index contributed by atoms with van der Waals surface area (Å²) in [6.07, 6.45) is 0.794. The maximum Gasteiger partial charge on any atom is 0.257 e. The summed E-state index contributed by atoms with van der Waals surface area (Å²) in [5.41, 5.74) is 2.14. The van der Waals surface area contributed by atoms with E-state index < -0.39 is 5.82 Å². The van der Waals surface area contributed by atoms with E-state index in [1.54, 1.807) is 0 Å². The summed E-state index contributed by atoms with van der Waals surface area (Å²) in [5.74, 6) is -0.801. The minimum Gasteiger partial charge on any atom is -0.350 e. The van der Waals surface area contributed by atoms with E-state index in [0.717, 1.165) is 11.3 Å². The number of hydrogen-bond acceptors (Lipinski definition) is 4. The number of halogens is 1. The lowest BCUT2D eigenvalue weighted by Crippen LogP contribution is -2.26. The van der Waals surface area contributed by atoms with E-state index in [0.29, 0.717) is 23.5 Å². The zero-order valence-electron chi connectivity index (χ0n) is 15.3. The Morgan fingerprint density at radius 2 is 1.82 bits per heavy atom. The number of aromatic nitrogens is 1. The van der Waals surface area contributed by atoms with Crippen LogP contribution >= 0.6 is 11.3 Å². The second-order valence-electron chi connectivity index (χ2n) is 6.30. The topological polar surface area (TPSA) is 71.1 Å². The molecule has 5 nitrogen and oxygen atoms in total. The van der Waals surface area contributed by atoms with E-state index in [9.17, 15) is 14.0 Å². The lowest BCUT2D eigenvalue weighted by molar-refractivity contribution is -0.121. The third kappa shape index (κ3) is 5.47. The number of hydrogen-bond donors (Lipinski definition) is 2. The first kappa shape index (κ1) is 19.7. The van der Waals surface area contributed by atoms with Crippen molar-refractivity contribution in [2.75, 3.05) is 5.32 Å². The molecule has 0 fully saturated rings. The van der Waals surface area contributed by atoms with Crippen molar-refractivity contribution in [3.05, 3.63) is 82.6 Å². The number of thiazole rings is 1. The maximum atomic E-state index is 12.9. The molecule has 1 atom stereocenters. The Morgan fingerprint density at radius 1 is 1.11 bits per heavy atom. The summed E-state index contributed by atoms with van der Waals surface area (Å²) in [6.45, 7) is 1.94. The minimum atomic E-state index is -0.395. The number of carbonyl (C=O) groups is 2. The van der Waals surface area contributed by atoms with Crippen molar-refractivity contribution >= 4 is 28.3 Å². The molecule has 0 saturated carbocycles. The van der Waals surface area contributed by atoms with Crippen molar-refractivity contribution in [3.8, 4) is 0 Å².